The van der Waals surface area contributed by atoms with Crippen LogP contribution < -0.4 is 5.56 Å². The number of aromatic nitrogens is 2. The molecule has 7 nitrogen and oxygen atoms in total. The van der Waals surface area contributed by atoms with Crippen LogP contribution in [0.15, 0.2) is 34.2 Å². The van der Waals surface area contributed by atoms with Crippen molar-refractivity contribution in [2.45, 2.75) is 57.1 Å². The van der Waals surface area contributed by atoms with Crippen molar-refractivity contribution in [3.8, 4) is 5.69 Å². The molecule has 1 saturated heterocycles. The van der Waals surface area contributed by atoms with E-state index in [-0.39, 0.29) is 34.8 Å². The third-order valence-corrected chi connectivity index (χ3v) is 10.7. The summed E-state index contributed by atoms with van der Waals surface area (Å²) in [6, 6.07) is 7.48. The van der Waals surface area contributed by atoms with Gasteiger partial charge in [-0.2, -0.15) is 0 Å². The van der Waals surface area contributed by atoms with Gasteiger partial charge < -0.3 is 4.90 Å². The minimum absolute atomic E-state index is 0.0241. The third-order valence-electron chi connectivity index (χ3n) is 6.89. The molecular formula is C25H29N3O4S3. The van der Waals surface area contributed by atoms with Gasteiger partial charge in [-0.15, -0.1) is 11.3 Å². The van der Waals surface area contributed by atoms with E-state index in [1.165, 1.54) is 16.6 Å². The summed E-state index contributed by atoms with van der Waals surface area (Å²) in [4.78, 5) is 35.5. The molecule has 1 amide bonds. The number of carbonyl (C=O) groups excluding carboxylic acids is 1. The van der Waals surface area contributed by atoms with Gasteiger partial charge in [0.05, 0.1) is 28.3 Å². The molecule has 1 aliphatic carbocycles. The average Bonchev–Trinajstić information content (AvgIpc) is 3.38. The van der Waals surface area contributed by atoms with Gasteiger partial charge in [-0.25, -0.2) is 13.4 Å². The molecule has 10 heteroatoms. The Bertz CT molecular complexity index is 1440. The monoisotopic (exact) mass is 531 g/mol. The van der Waals surface area contributed by atoms with Gasteiger partial charge in [0.25, 0.3) is 5.56 Å². The lowest BCUT2D eigenvalue weighted by Crippen LogP contribution is -2.42. The van der Waals surface area contributed by atoms with Gasteiger partial charge in [-0.05, 0) is 63.6 Å². The molecule has 1 aromatic carbocycles. The van der Waals surface area contributed by atoms with Gasteiger partial charge in [0.15, 0.2) is 15.0 Å². The lowest BCUT2D eigenvalue weighted by molar-refractivity contribution is -0.129. The van der Waals surface area contributed by atoms with Crippen LogP contribution in [0.4, 0.5) is 0 Å². The molecule has 2 aliphatic rings. The highest BCUT2D eigenvalue weighted by Gasteiger charge is 2.34. The quantitative estimate of drug-likeness (QED) is 0.355. The Hall–Kier alpha value is -2.17. The second-order valence-electron chi connectivity index (χ2n) is 9.29. The molecule has 0 saturated carbocycles. The zero-order chi connectivity index (χ0) is 24.7. The first-order chi connectivity index (χ1) is 16.8. The average molecular weight is 532 g/mol. The van der Waals surface area contributed by atoms with E-state index < -0.39 is 9.84 Å². The molecule has 1 aliphatic heterocycles. The van der Waals surface area contributed by atoms with Crippen molar-refractivity contribution in [3.63, 3.8) is 0 Å². The number of rotatable bonds is 6. The minimum atomic E-state index is -3.09. The largest absolute Gasteiger partial charge is 0.338 e. The van der Waals surface area contributed by atoms with E-state index in [0.717, 1.165) is 47.3 Å². The number of amides is 1. The van der Waals surface area contributed by atoms with E-state index in [1.54, 1.807) is 20.8 Å². The molecule has 1 unspecified atom stereocenters. The Morgan fingerprint density at radius 3 is 2.66 bits per heavy atom. The summed E-state index contributed by atoms with van der Waals surface area (Å²) in [7, 11) is -3.09. The first-order valence-electron chi connectivity index (χ1n) is 12.0. The van der Waals surface area contributed by atoms with Crippen molar-refractivity contribution in [2.24, 2.45) is 0 Å². The summed E-state index contributed by atoms with van der Waals surface area (Å²) in [5.41, 5.74) is 2.89. The van der Waals surface area contributed by atoms with Crippen molar-refractivity contribution < 1.29 is 13.2 Å². The summed E-state index contributed by atoms with van der Waals surface area (Å²) in [6.07, 6.45) is 4.58. The van der Waals surface area contributed by atoms with Crippen LogP contribution in [0.25, 0.3) is 15.9 Å². The van der Waals surface area contributed by atoms with Crippen LogP contribution in [0.2, 0.25) is 0 Å². The van der Waals surface area contributed by atoms with Crippen LogP contribution in [-0.2, 0) is 27.5 Å². The molecule has 1 fully saturated rings. The smallest absolute Gasteiger partial charge is 0.267 e. The number of hydrogen-bond acceptors (Lipinski definition) is 7. The van der Waals surface area contributed by atoms with Crippen LogP contribution in [-0.4, -0.2) is 58.6 Å². The number of aryl methyl sites for hydroxylation is 3. The highest BCUT2D eigenvalue weighted by molar-refractivity contribution is 7.99. The molecule has 5 rings (SSSR count). The molecular weight excluding hydrogens is 502 g/mol. The van der Waals surface area contributed by atoms with Crippen LogP contribution in [0, 0.1) is 6.92 Å². The normalized spacial score (nSPS) is 19.1. The SMILES string of the molecule is CCN(C(=O)CSc1nc2sc3c(c2c(=O)n1-c1ccc(C)cc1)CCCC3)C1CCS(=O)(=O)C1. The highest BCUT2D eigenvalue weighted by atomic mass is 32.2. The molecule has 1 atom stereocenters. The van der Waals surface area contributed by atoms with Gasteiger partial charge in [0, 0.05) is 17.5 Å². The zero-order valence-corrected chi connectivity index (χ0v) is 22.4. The fourth-order valence-corrected chi connectivity index (χ4v) is 9.01. The Labute approximate surface area is 213 Å². The molecule has 0 N–H and O–H groups in total. The van der Waals surface area contributed by atoms with E-state index in [9.17, 15) is 18.0 Å². The maximum atomic E-state index is 13.8. The Morgan fingerprint density at radius 1 is 1.23 bits per heavy atom. The number of thiophene rings is 1. The predicted molar refractivity (Wildman–Crippen MR) is 142 cm³/mol. The fourth-order valence-electron chi connectivity index (χ4n) is 5.07. The van der Waals surface area contributed by atoms with Gasteiger partial charge in [-0.3, -0.25) is 14.2 Å². The van der Waals surface area contributed by atoms with E-state index in [2.05, 4.69) is 0 Å². The fraction of sp³-hybridized carbons (Fsp3) is 0.480. The maximum absolute atomic E-state index is 13.8. The summed E-state index contributed by atoms with van der Waals surface area (Å²) in [5, 5.41) is 1.21. The molecule has 0 radical (unpaired) electrons. The predicted octanol–water partition coefficient (Wildman–Crippen LogP) is 3.76. The van der Waals surface area contributed by atoms with Crippen molar-refractivity contribution in [1.82, 2.24) is 14.5 Å². The number of carbonyl (C=O) groups is 1. The number of sulfone groups is 1. The van der Waals surface area contributed by atoms with Crippen LogP contribution >= 0.6 is 23.1 Å². The van der Waals surface area contributed by atoms with E-state index in [1.807, 2.05) is 38.1 Å². The topological polar surface area (TPSA) is 89.3 Å². The van der Waals surface area contributed by atoms with Gasteiger partial charge in [0.1, 0.15) is 4.83 Å². The number of benzene rings is 1. The Morgan fingerprint density at radius 2 is 1.97 bits per heavy atom. The summed E-state index contributed by atoms with van der Waals surface area (Å²) >= 11 is 2.85. The molecule has 3 heterocycles. The van der Waals surface area contributed by atoms with E-state index in [0.29, 0.717) is 23.5 Å². The standard InChI is InChI=1S/C25H29N3O4S3/c1-3-27(18-12-13-35(31,32)15-18)21(29)14-33-25-26-23-22(19-6-4-5-7-20(19)34-23)24(30)28(25)17-10-8-16(2)9-11-17/h8-11,18H,3-7,12-15H2,1-2H3. The number of fused-ring (bicyclic) bond motifs is 3. The molecule has 35 heavy (non-hydrogen) atoms. The lowest BCUT2D eigenvalue weighted by atomic mass is 9.97. The molecule has 2 aromatic heterocycles. The summed E-state index contributed by atoms with van der Waals surface area (Å²) in [5.74, 6) is 0.119. The molecule has 3 aromatic rings. The Balaban J connectivity index is 1.51. The zero-order valence-electron chi connectivity index (χ0n) is 20.0. The van der Waals surface area contributed by atoms with Crippen molar-refractivity contribution in [3.05, 3.63) is 50.6 Å². The van der Waals surface area contributed by atoms with Gasteiger partial charge in [0.2, 0.25) is 5.91 Å². The number of hydrogen-bond donors (Lipinski definition) is 0. The molecule has 186 valence electrons. The summed E-state index contributed by atoms with van der Waals surface area (Å²) < 4.78 is 25.5. The lowest BCUT2D eigenvalue weighted by Gasteiger charge is -2.26. The van der Waals surface area contributed by atoms with Crippen LogP contribution in [0.1, 0.15) is 42.2 Å². The first kappa shape index (κ1) is 24.5. The number of thioether (sulfide) groups is 1. The van der Waals surface area contributed by atoms with Crippen molar-refractivity contribution in [2.75, 3.05) is 23.8 Å². The maximum Gasteiger partial charge on any atom is 0.267 e. The van der Waals surface area contributed by atoms with Crippen molar-refractivity contribution in [1.29, 1.82) is 0 Å². The first-order valence-corrected chi connectivity index (χ1v) is 15.7. The van der Waals surface area contributed by atoms with E-state index in [4.69, 9.17) is 4.98 Å². The molecule has 0 spiro atoms. The Kier molecular flexibility index (Phi) is 6.80. The van der Waals surface area contributed by atoms with Crippen LogP contribution in [0.5, 0.6) is 0 Å². The van der Waals surface area contributed by atoms with Gasteiger partial charge >= 0.3 is 0 Å². The summed E-state index contributed by atoms with van der Waals surface area (Å²) in [6.45, 7) is 4.32. The third kappa shape index (κ3) is 4.80. The van der Waals surface area contributed by atoms with E-state index >= 15 is 0 Å². The second kappa shape index (κ2) is 9.71. The van der Waals surface area contributed by atoms with Crippen molar-refractivity contribution >= 4 is 49.1 Å². The minimum Gasteiger partial charge on any atom is -0.338 e. The van der Waals surface area contributed by atoms with Gasteiger partial charge in [-0.1, -0.05) is 29.5 Å². The highest BCUT2D eigenvalue weighted by Crippen LogP contribution is 2.35. The number of nitrogens with zero attached hydrogens (tertiary/aromatic N) is 3. The molecule has 0 bridgehead atoms. The van der Waals surface area contributed by atoms with Crippen LogP contribution in [0.3, 0.4) is 0 Å². The second-order valence-corrected chi connectivity index (χ2v) is 13.5.